The third-order valence-corrected chi connectivity index (χ3v) is 4.16. The molecule has 0 spiro atoms. The molecule has 2 atom stereocenters. The Kier molecular flexibility index (Phi) is 4.90. The third kappa shape index (κ3) is 3.64. The van der Waals surface area contributed by atoms with Crippen molar-refractivity contribution in [2.75, 3.05) is 39.4 Å². The molecule has 1 aromatic rings. The topological polar surface area (TPSA) is 66.7 Å². The summed E-state index contributed by atoms with van der Waals surface area (Å²) >= 11 is 0. The smallest absolute Gasteiger partial charge is 0.239 e. The Hall–Kier alpha value is -1.37. The first-order chi connectivity index (χ1) is 10.3. The van der Waals surface area contributed by atoms with E-state index in [1.54, 1.807) is 6.26 Å². The van der Waals surface area contributed by atoms with Crippen LogP contribution in [0.1, 0.15) is 24.6 Å². The summed E-state index contributed by atoms with van der Waals surface area (Å²) < 4.78 is 10.9. The van der Waals surface area contributed by atoms with E-state index in [0.29, 0.717) is 19.8 Å². The number of amides is 1. The van der Waals surface area contributed by atoms with Crippen LogP contribution in [0.15, 0.2) is 22.8 Å². The van der Waals surface area contributed by atoms with Crippen molar-refractivity contribution in [3.05, 3.63) is 24.2 Å². The minimum atomic E-state index is -0.241. The fraction of sp³-hybridized carbons (Fsp3) is 0.667. The Bertz CT molecular complexity index is 437. The van der Waals surface area contributed by atoms with Gasteiger partial charge >= 0.3 is 0 Å². The molecular formula is C15H23N3O3. The summed E-state index contributed by atoms with van der Waals surface area (Å²) in [5.74, 6) is 0.926. The number of ether oxygens (including phenoxy) is 1. The highest BCUT2D eigenvalue weighted by molar-refractivity contribution is 5.82. The van der Waals surface area contributed by atoms with Gasteiger partial charge in [0.2, 0.25) is 5.91 Å². The van der Waals surface area contributed by atoms with Gasteiger partial charge in [-0.2, -0.15) is 0 Å². The summed E-state index contributed by atoms with van der Waals surface area (Å²) in [6, 6.07) is 3.76. The Morgan fingerprint density at radius 3 is 3.00 bits per heavy atom. The van der Waals surface area contributed by atoms with Crippen molar-refractivity contribution in [3.8, 4) is 0 Å². The number of furan rings is 1. The van der Waals surface area contributed by atoms with Crippen LogP contribution in [0.5, 0.6) is 0 Å². The quantitative estimate of drug-likeness (QED) is 0.828. The lowest BCUT2D eigenvalue weighted by atomic mass is 10.2. The number of nitrogens with one attached hydrogen (secondary N) is 2. The zero-order chi connectivity index (χ0) is 14.5. The van der Waals surface area contributed by atoms with Crippen molar-refractivity contribution in [1.82, 2.24) is 15.5 Å². The predicted octanol–water partition coefficient (Wildman–Crippen LogP) is 0.521. The molecule has 2 aliphatic rings. The van der Waals surface area contributed by atoms with Gasteiger partial charge in [0.25, 0.3) is 0 Å². The first-order valence-electron chi connectivity index (χ1n) is 7.71. The van der Waals surface area contributed by atoms with Gasteiger partial charge in [0, 0.05) is 13.1 Å². The van der Waals surface area contributed by atoms with Gasteiger partial charge in [-0.3, -0.25) is 9.69 Å². The molecule has 0 aromatic carbocycles. The fourth-order valence-corrected chi connectivity index (χ4v) is 3.00. The number of hydrogen-bond acceptors (Lipinski definition) is 5. The van der Waals surface area contributed by atoms with Crippen LogP contribution in [0.3, 0.4) is 0 Å². The highest BCUT2D eigenvalue weighted by Gasteiger charge is 2.27. The molecule has 2 N–H and O–H groups in total. The number of hydrogen-bond donors (Lipinski definition) is 2. The number of morpholine rings is 1. The van der Waals surface area contributed by atoms with Crippen LogP contribution in [0.4, 0.5) is 0 Å². The summed E-state index contributed by atoms with van der Waals surface area (Å²) in [6.45, 7) is 4.54. The van der Waals surface area contributed by atoms with Gasteiger partial charge in [0.15, 0.2) is 0 Å². The van der Waals surface area contributed by atoms with Crippen molar-refractivity contribution >= 4 is 5.91 Å². The number of carbonyl (C=O) groups excluding carboxylic acids is 1. The fourth-order valence-electron chi connectivity index (χ4n) is 3.00. The van der Waals surface area contributed by atoms with Crippen LogP contribution >= 0.6 is 0 Å². The van der Waals surface area contributed by atoms with Gasteiger partial charge < -0.3 is 19.8 Å². The second-order valence-electron chi connectivity index (χ2n) is 5.60. The Morgan fingerprint density at radius 2 is 2.33 bits per heavy atom. The molecule has 1 aromatic heterocycles. The SMILES string of the molecule is O=C(NCC(c1ccco1)N1CCCC1)C1COCCN1. The maximum absolute atomic E-state index is 12.2. The van der Waals surface area contributed by atoms with Crippen LogP contribution in [0.2, 0.25) is 0 Å². The molecule has 1 amide bonds. The van der Waals surface area contributed by atoms with E-state index in [4.69, 9.17) is 9.15 Å². The zero-order valence-electron chi connectivity index (χ0n) is 12.2. The third-order valence-electron chi connectivity index (χ3n) is 4.16. The zero-order valence-corrected chi connectivity index (χ0v) is 12.2. The lowest BCUT2D eigenvalue weighted by molar-refractivity contribution is -0.126. The number of likely N-dealkylation sites (tertiary alicyclic amines) is 1. The summed E-state index contributed by atoms with van der Waals surface area (Å²) in [6.07, 6.45) is 4.11. The standard InChI is InChI=1S/C15H23N3O3/c19-15(12-11-20-9-5-16-12)17-10-13(14-4-3-8-21-14)18-6-1-2-7-18/h3-4,8,12-13,16H,1-2,5-7,9-11H2,(H,17,19). The van der Waals surface area contributed by atoms with Crippen LogP contribution in [-0.2, 0) is 9.53 Å². The Balaban J connectivity index is 1.58. The predicted molar refractivity (Wildman–Crippen MR) is 77.9 cm³/mol. The minimum Gasteiger partial charge on any atom is -0.468 e. The molecule has 2 aliphatic heterocycles. The average Bonchev–Trinajstić information content (AvgIpc) is 3.22. The van der Waals surface area contributed by atoms with Crippen molar-refractivity contribution in [1.29, 1.82) is 0 Å². The van der Waals surface area contributed by atoms with Gasteiger partial charge in [0.05, 0.1) is 25.5 Å². The summed E-state index contributed by atoms with van der Waals surface area (Å²) in [7, 11) is 0. The van der Waals surface area contributed by atoms with E-state index in [1.807, 2.05) is 12.1 Å². The van der Waals surface area contributed by atoms with Crippen LogP contribution in [-0.4, -0.2) is 56.2 Å². The number of nitrogens with zero attached hydrogens (tertiary/aromatic N) is 1. The van der Waals surface area contributed by atoms with E-state index in [2.05, 4.69) is 15.5 Å². The molecule has 2 fully saturated rings. The molecule has 0 bridgehead atoms. The van der Waals surface area contributed by atoms with Gasteiger partial charge in [0.1, 0.15) is 11.8 Å². The van der Waals surface area contributed by atoms with E-state index in [-0.39, 0.29) is 18.0 Å². The number of carbonyl (C=O) groups is 1. The first kappa shape index (κ1) is 14.6. The van der Waals surface area contributed by atoms with E-state index in [9.17, 15) is 4.79 Å². The van der Waals surface area contributed by atoms with Crippen molar-refractivity contribution in [3.63, 3.8) is 0 Å². The van der Waals surface area contributed by atoms with E-state index in [0.717, 1.165) is 25.4 Å². The van der Waals surface area contributed by atoms with E-state index in [1.165, 1.54) is 12.8 Å². The number of rotatable bonds is 5. The molecule has 6 nitrogen and oxygen atoms in total. The Morgan fingerprint density at radius 1 is 1.48 bits per heavy atom. The lowest BCUT2D eigenvalue weighted by Gasteiger charge is -2.28. The lowest BCUT2D eigenvalue weighted by Crippen LogP contribution is -2.52. The van der Waals surface area contributed by atoms with Crippen LogP contribution < -0.4 is 10.6 Å². The van der Waals surface area contributed by atoms with Crippen LogP contribution in [0, 0.1) is 0 Å². The molecule has 0 saturated carbocycles. The first-order valence-corrected chi connectivity index (χ1v) is 7.71. The molecule has 0 radical (unpaired) electrons. The molecule has 6 heteroatoms. The molecule has 3 rings (SSSR count). The maximum Gasteiger partial charge on any atom is 0.239 e. The van der Waals surface area contributed by atoms with Crippen molar-refractivity contribution < 1.29 is 13.9 Å². The highest BCUT2D eigenvalue weighted by atomic mass is 16.5. The average molecular weight is 293 g/mol. The van der Waals surface area contributed by atoms with E-state index >= 15 is 0 Å². The normalized spacial score (nSPS) is 24.9. The monoisotopic (exact) mass is 293 g/mol. The second-order valence-corrected chi connectivity index (χ2v) is 5.60. The Labute approximate surface area is 124 Å². The molecule has 2 saturated heterocycles. The van der Waals surface area contributed by atoms with E-state index < -0.39 is 0 Å². The molecular weight excluding hydrogens is 270 g/mol. The highest BCUT2D eigenvalue weighted by Crippen LogP contribution is 2.24. The minimum absolute atomic E-state index is 0.00505. The summed E-state index contributed by atoms with van der Waals surface area (Å²) in [5.41, 5.74) is 0. The molecule has 0 aliphatic carbocycles. The van der Waals surface area contributed by atoms with Crippen LogP contribution in [0.25, 0.3) is 0 Å². The molecule has 3 heterocycles. The van der Waals surface area contributed by atoms with Gasteiger partial charge in [-0.25, -0.2) is 0 Å². The summed E-state index contributed by atoms with van der Waals surface area (Å²) in [5, 5.41) is 6.21. The van der Waals surface area contributed by atoms with Crippen molar-refractivity contribution in [2.24, 2.45) is 0 Å². The summed E-state index contributed by atoms with van der Waals surface area (Å²) in [4.78, 5) is 14.6. The van der Waals surface area contributed by atoms with Gasteiger partial charge in [-0.1, -0.05) is 0 Å². The molecule has 116 valence electrons. The largest absolute Gasteiger partial charge is 0.468 e. The van der Waals surface area contributed by atoms with Gasteiger partial charge in [-0.15, -0.1) is 0 Å². The van der Waals surface area contributed by atoms with Crippen molar-refractivity contribution in [2.45, 2.75) is 24.9 Å². The second kappa shape index (κ2) is 7.06. The van der Waals surface area contributed by atoms with Gasteiger partial charge in [-0.05, 0) is 38.1 Å². The maximum atomic E-state index is 12.2. The molecule has 2 unspecified atom stereocenters. The molecule has 21 heavy (non-hydrogen) atoms.